The van der Waals surface area contributed by atoms with Crippen molar-refractivity contribution in [3.8, 4) is 0 Å². The van der Waals surface area contributed by atoms with Crippen LogP contribution in [0.15, 0.2) is 65.6 Å². The summed E-state index contributed by atoms with van der Waals surface area (Å²) in [5, 5.41) is 0.907. The van der Waals surface area contributed by atoms with E-state index in [9.17, 15) is 26.4 Å². The van der Waals surface area contributed by atoms with E-state index in [-0.39, 0.29) is 36.1 Å². The zero-order valence-corrected chi connectivity index (χ0v) is 17.9. The number of piperazine rings is 1. The van der Waals surface area contributed by atoms with Gasteiger partial charge in [-0.25, -0.2) is 13.4 Å². The van der Waals surface area contributed by atoms with E-state index in [1.165, 1.54) is 4.31 Å². The molecule has 1 amide bonds. The lowest BCUT2D eigenvalue weighted by molar-refractivity contribution is -0.137. The van der Waals surface area contributed by atoms with Gasteiger partial charge in [0.05, 0.1) is 16.0 Å². The summed E-state index contributed by atoms with van der Waals surface area (Å²) < 4.78 is 65.3. The number of benzene rings is 2. The lowest BCUT2D eigenvalue weighted by Crippen LogP contribution is -2.55. The summed E-state index contributed by atoms with van der Waals surface area (Å²) in [6, 6.07) is 13.8. The number of carbonyl (C=O) groups excluding carboxylic acids is 1. The Bertz CT molecular complexity index is 1260. The molecule has 1 atom stereocenters. The van der Waals surface area contributed by atoms with Crippen molar-refractivity contribution in [2.45, 2.75) is 24.0 Å². The third kappa shape index (κ3) is 4.20. The van der Waals surface area contributed by atoms with E-state index in [0.29, 0.717) is 5.52 Å². The molecule has 1 aliphatic rings. The minimum atomic E-state index is -4.54. The molecule has 1 saturated heterocycles. The number of pyridine rings is 1. The highest BCUT2D eigenvalue weighted by Crippen LogP contribution is 2.30. The maximum Gasteiger partial charge on any atom is 0.416 e. The van der Waals surface area contributed by atoms with Gasteiger partial charge in [0.25, 0.3) is 5.91 Å². The van der Waals surface area contributed by atoms with Gasteiger partial charge in [-0.15, -0.1) is 0 Å². The van der Waals surface area contributed by atoms with Crippen LogP contribution in [0.2, 0.25) is 0 Å². The zero-order valence-electron chi connectivity index (χ0n) is 17.1. The number of carbonyl (C=O) groups is 1. The maximum atomic E-state index is 13.0. The van der Waals surface area contributed by atoms with Crippen molar-refractivity contribution in [1.82, 2.24) is 14.2 Å². The molecular formula is C22H20F3N3O3S. The summed E-state index contributed by atoms with van der Waals surface area (Å²) in [6.07, 6.45) is -4.54. The summed E-state index contributed by atoms with van der Waals surface area (Å²) in [6.45, 7) is 1.94. The first kappa shape index (κ1) is 22.2. The molecule has 4 rings (SSSR count). The summed E-state index contributed by atoms with van der Waals surface area (Å²) in [7, 11) is -3.99. The number of fused-ring (bicyclic) bond motifs is 1. The monoisotopic (exact) mass is 463 g/mol. The Morgan fingerprint density at radius 1 is 1.00 bits per heavy atom. The molecule has 6 nitrogen and oxygen atoms in total. The first-order valence-corrected chi connectivity index (χ1v) is 11.4. The van der Waals surface area contributed by atoms with Crippen LogP contribution in [0.5, 0.6) is 0 Å². The van der Waals surface area contributed by atoms with Gasteiger partial charge in [-0.1, -0.05) is 24.3 Å². The predicted molar refractivity (Wildman–Crippen MR) is 112 cm³/mol. The molecule has 1 aromatic heterocycles. The lowest BCUT2D eigenvalue weighted by Gasteiger charge is -2.39. The van der Waals surface area contributed by atoms with Gasteiger partial charge < -0.3 is 4.90 Å². The Morgan fingerprint density at radius 2 is 1.69 bits per heavy atom. The fraction of sp³-hybridized carbons (Fsp3) is 0.273. The van der Waals surface area contributed by atoms with Crippen molar-refractivity contribution in [3.05, 3.63) is 71.9 Å². The number of para-hydroxylation sites is 1. The molecule has 1 fully saturated rings. The van der Waals surface area contributed by atoms with E-state index < -0.39 is 27.8 Å². The molecule has 10 heteroatoms. The molecule has 2 heterocycles. The molecule has 0 aliphatic carbocycles. The van der Waals surface area contributed by atoms with Crippen LogP contribution in [0, 0.1) is 0 Å². The fourth-order valence-electron chi connectivity index (χ4n) is 3.74. The Morgan fingerprint density at radius 3 is 2.34 bits per heavy atom. The zero-order chi connectivity index (χ0) is 23.1. The molecule has 168 valence electrons. The quantitative estimate of drug-likeness (QED) is 0.593. The summed E-state index contributed by atoms with van der Waals surface area (Å²) in [4.78, 5) is 18.8. The van der Waals surface area contributed by atoms with Crippen molar-refractivity contribution in [2.75, 3.05) is 19.6 Å². The number of hydrogen-bond acceptors (Lipinski definition) is 4. The Balaban J connectivity index is 1.50. The molecule has 0 saturated carbocycles. The minimum absolute atomic E-state index is 0.0304. The fourth-order valence-corrected chi connectivity index (χ4v) is 5.25. The highest BCUT2D eigenvalue weighted by atomic mass is 32.2. The van der Waals surface area contributed by atoms with E-state index in [1.807, 2.05) is 30.3 Å². The molecule has 0 unspecified atom stereocenters. The average molecular weight is 463 g/mol. The SMILES string of the molecule is C[C@H]1CN(S(=O)(=O)c2ccc(C(F)(F)F)cc2)CCN1C(=O)c1ccc2ccccc2n1. The summed E-state index contributed by atoms with van der Waals surface area (Å²) in [5.74, 6) is -0.296. The first-order valence-electron chi connectivity index (χ1n) is 9.91. The maximum absolute atomic E-state index is 13.0. The van der Waals surface area contributed by atoms with E-state index in [2.05, 4.69) is 4.98 Å². The molecule has 3 aromatic rings. The number of sulfonamides is 1. The molecule has 32 heavy (non-hydrogen) atoms. The highest BCUT2D eigenvalue weighted by Gasteiger charge is 2.36. The molecule has 0 bridgehead atoms. The van der Waals surface area contributed by atoms with Crippen LogP contribution >= 0.6 is 0 Å². The molecule has 2 aromatic carbocycles. The van der Waals surface area contributed by atoms with E-state index in [1.54, 1.807) is 17.9 Å². The smallest absolute Gasteiger partial charge is 0.332 e. The number of nitrogens with zero attached hydrogens (tertiary/aromatic N) is 3. The molecule has 0 radical (unpaired) electrons. The normalized spacial score (nSPS) is 18.1. The van der Waals surface area contributed by atoms with Crippen LogP contribution in [0.25, 0.3) is 10.9 Å². The molecule has 1 aliphatic heterocycles. The van der Waals surface area contributed by atoms with Crippen molar-refractivity contribution >= 4 is 26.8 Å². The second-order valence-corrected chi connectivity index (χ2v) is 9.56. The second kappa shape index (κ2) is 8.18. The topological polar surface area (TPSA) is 70.6 Å². The molecule has 0 spiro atoms. The number of amides is 1. The van der Waals surface area contributed by atoms with Gasteiger partial charge in [0.1, 0.15) is 5.69 Å². The van der Waals surface area contributed by atoms with E-state index in [0.717, 1.165) is 29.7 Å². The number of alkyl halides is 3. The van der Waals surface area contributed by atoms with Gasteiger partial charge in [-0.2, -0.15) is 17.5 Å². The number of rotatable bonds is 3. The highest BCUT2D eigenvalue weighted by molar-refractivity contribution is 7.89. The van der Waals surface area contributed by atoms with Crippen LogP contribution < -0.4 is 0 Å². The Hall–Kier alpha value is -2.98. The molecular weight excluding hydrogens is 443 g/mol. The third-order valence-electron chi connectivity index (χ3n) is 5.49. The number of aromatic nitrogens is 1. The van der Waals surface area contributed by atoms with Crippen LogP contribution in [-0.4, -0.2) is 54.2 Å². The van der Waals surface area contributed by atoms with Gasteiger partial charge in [0.2, 0.25) is 10.0 Å². The van der Waals surface area contributed by atoms with Gasteiger partial charge in [-0.05, 0) is 43.3 Å². The van der Waals surface area contributed by atoms with Crippen molar-refractivity contribution in [3.63, 3.8) is 0 Å². The van der Waals surface area contributed by atoms with Gasteiger partial charge in [-0.3, -0.25) is 4.79 Å². The Kier molecular flexibility index (Phi) is 5.68. The van der Waals surface area contributed by atoms with Gasteiger partial charge in [0, 0.05) is 31.1 Å². The first-order chi connectivity index (χ1) is 15.1. The van der Waals surface area contributed by atoms with Crippen LogP contribution in [0.3, 0.4) is 0 Å². The third-order valence-corrected chi connectivity index (χ3v) is 7.37. The lowest BCUT2D eigenvalue weighted by atomic mass is 10.1. The Labute approximate surface area is 183 Å². The van der Waals surface area contributed by atoms with Crippen molar-refractivity contribution in [2.24, 2.45) is 0 Å². The van der Waals surface area contributed by atoms with Crippen molar-refractivity contribution < 1.29 is 26.4 Å². The number of hydrogen-bond donors (Lipinski definition) is 0. The molecule has 0 N–H and O–H groups in total. The van der Waals surface area contributed by atoms with Crippen molar-refractivity contribution in [1.29, 1.82) is 0 Å². The second-order valence-electron chi connectivity index (χ2n) is 7.62. The van der Waals surface area contributed by atoms with E-state index in [4.69, 9.17) is 0 Å². The van der Waals surface area contributed by atoms with Gasteiger partial charge in [0.15, 0.2) is 0 Å². The van der Waals surface area contributed by atoms with Crippen LogP contribution in [0.1, 0.15) is 23.0 Å². The summed E-state index contributed by atoms with van der Waals surface area (Å²) >= 11 is 0. The summed E-state index contributed by atoms with van der Waals surface area (Å²) in [5.41, 5.74) is 0.0484. The van der Waals surface area contributed by atoms with E-state index >= 15 is 0 Å². The predicted octanol–water partition coefficient (Wildman–Crippen LogP) is 3.79. The average Bonchev–Trinajstić information content (AvgIpc) is 2.77. The van der Waals surface area contributed by atoms with Crippen LogP contribution in [-0.2, 0) is 16.2 Å². The van der Waals surface area contributed by atoms with Gasteiger partial charge >= 0.3 is 6.18 Å². The minimum Gasteiger partial charge on any atom is -0.332 e. The largest absolute Gasteiger partial charge is 0.416 e. The standard InChI is InChI=1S/C22H20F3N3O3S/c1-15-14-27(32(30,31)18-9-7-17(8-10-18)22(23,24)25)12-13-28(15)21(29)20-11-6-16-4-2-3-5-19(16)26-20/h2-11,15H,12-14H2,1H3/t15-/m0/s1. The van der Waals surface area contributed by atoms with Crippen LogP contribution in [0.4, 0.5) is 13.2 Å². The number of halogens is 3.